The molecule has 5 nitrogen and oxygen atoms in total. The number of allylic oxidation sites excluding steroid dienone is 2. The van der Waals surface area contributed by atoms with Crippen molar-refractivity contribution in [2.24, 2.45) is 0 Å². The van der Waals surface area contributed by atoms with Crippen molar-refractivity contribution in [3.8, 4) is 11.5 Å². The van der Waals surface area contributed by atoms with E-state index in [0.717, 1.165) is 0 Å². The van der Waals surface area contributed by atoms with Crippen molar-refractivity contribution in [3.05, 3.63) is 36.1 Å². The Labute approximate surface area is 117 Å². The third-order valence-corrected chi connectivity index (χ3v) is 8.61. The summed E-state index contributed by atoms with van der Waals surface area (Å²) in [6.45, 7) is 5.73. The Morgan fingerprint density at radius 1 is 0.950 bits per heavy atom. The molecule has 0 saturated carbocycles. The third kappa shape index (κ3) is 1.28. The van der Waals surface area contributed by atoms with Crippen molar-refractivity contribution in [1.29, 1.82) is 0 Å². The van der Waals surface area contributed by atoms with Gasteiger partial charge in [-0.1, -0.05) is 0 Å². The van der Waals surface area contributed by atoms with Gasteiger partial charge in [0.1, 0.15) is 0 Å². The zero-order chi connectivity index (χ0) is 14.1. The van der Waals surface area contributed by atoms with Gasteiger partial charge in [0.25, 0.3) is 0 Å². The summed E-state index contributed by atoms with van der Waals surface area (Å²) in [4.78, 5) is 0. The van der Waals surface area contributed by atoms with E-state index in [2.05, 4.69) is 0 Å². The van der Waals surface area contributed by atoms with Gasteiger partial charge in [-0.2, -0.15) is 0 Å². The summed E-state index contributed by atoms with van der Waals surface area (Å²) in [6.07, 6.45) is 1.92. The van der Waals surface area contributed by atoms with Crippen LogP contribution >= 0.6 is 7.08 Å². The Bertz CT molecular complexity index is 614. The Kier molecular flexibility index (Phi) is 1.95. The first-order chi connectivity index (χ1) is 9.40. The molecule has 1 saturated heterocycles. The summed E-state index contributed by atoms with van der Waals surface area (Å²) in [5, 5.41) is 0. The summed E-state index contributed by atoms with van der Waals surface area (Å²) >= 11 is 0. The third-order valence-electron chi connectivity index (χ3n) is 4.07. The Morgan fingerprint density at radius 2 is 1.50 bits per heavy atom. The standard InChI is InChI=1S/C14H18O5P/c1-10-8-9-20(15-10,16-11(2)12(3)17-20)18-13-6-4-5-7-14(13)19-20/h4-8,11-12H,9H2,1-3H3/q-1. The van der Waals surface area contributed by atoms with E-state index >= 15 is 0 Å². The van der Waals surface area contributed by atoms with Crippen LogP contribution in [0.25, 0.3) is 0 Å². The van der Waals surface area contributed by atoms with Gasteiger partial charge >= 0.3 is 116 Å². The van der Waals surface area contributed by atoms with Crippen LogP contribution in [0.15, 0.2) is 36.1 Å². The summed E-state index contributed by atoms with van der Waals surface area (Å²) in [5.41, 5.74) is 0. The van der Waals surface area contributed by atoms with Crippen molar-refractivity contribution in [2.75, 3.05) is 6.16 Å². The number of fused-ring (bicyclic) bond motifs is 1. The molecule has 20 heavy (non-hydrogen) atoms. The van der Waals surface area contributed by atoms with Crippen LogP contribution in [0.2, 0.25) is 0 Å². The van der Waals surface area contributed by atoms with Crippen LogP contribution in [0.5, 0.6) is 11.5 Å². The number of benzene rings is 1. The molecule has 2 atom stereocenters. The molecule has 0 aliphatic carbocycles. The van der Waals surface area contributed by atoms with Crippen molar-refractivity contribution >= 4 is 7.08 Å². The van der Waals surface area contributed by atoms with Gasteiger partial charge in [-0.3, -0.25) is 0 Å². The van der Waals surface area contributed by atoms with Crippen LogP contribution in [0.4, 0.5) is 0 Å². The first kappa shape index (κ1) is 12.5. The van der Waals surface area contributed by atoms with Gasteiger partial charge in [0.15, 0.2) is 0 Å². The fourth-order valence-electron chi connectivity index (χ4n) is 3.11. The van der Waals surface area contributed by atoms with Crippen molar-refractivity contribution in [3.63, 3.8) is 0 Å². The first-order valence-electron chi connectivity index (χ1n) is 6.83. The van der Waals surface area contributed by atoms with Crippen LogP contribution in [0, 0.1) is 0 Å². The molecule has 0 bridgehead atoms. The monoisotopic (exact) mass is 297 g/mol. The predicted molar refractivity (Wildman–Crippen MR) is 75.4 cm³/mol. The summed E-state index contributed by atoms with van der Waals surface area (Å²) in [6, 6.07) is 7.45. The Morgan fingerprint density at radius 3 is 1.95 bits per heavy atom. The van der Waals surface area contributed by atoms with E-state index < -0.39 is 7.08 Å². The van der Waals surface area contributed by atoms with E-state index in [1.165, 1.54) is 0 Å². The molecule has 110 valence electrons. The van der Waals surface area contributed by atoms with Crippen LogP contribution in [0.1, 0.15) is 20.8 Å². The number of hydrogen-bond donors (Lipinski definition) is 0. The van der Waals surface area contributed by atoms with Crippen LogP contribution in [-0.4, -0.2) is 18.4 Å². The zero-order valence-corrected chi connectivity index (χ0v) is 12.6. The normalized spacial score (nSPS) is 37.6. The Balaban J connectivity index is 1.92. The first-order valence-corrected chi connectivity index (χ1v) is 9.28. The van der Waals surface area contributed by atoms with E-state index in [-0.39, 0.29) is 12.2 Å². The molecule has 0 N–H and O–H groups in total. The summed E-state index contributed by atoms with van der Waals surface area (Å²) < 4.78 is 30.9. The minimum atomic E-state index is -4.70. The summed E-state index contributed by atoms with van der Waals surface area (Å²) in [5.74, 6) is 1.91. The van der Waals surface area contributed by atoms with Crippen LogP contribution in [0.3, 0.4) is 0 Å². The molecule has 1 spiro atoms. The number of hydrogen-bond acceptors (Lipinski definition) is 5. The molecule has 4 rings (SSSR count). The molecule has 3 aliphatic heterocycles. The van der Waals surface area contributed by atoms with E-state index in [0.29, 0.717) is 23.4 Å². The molecule has 2 unspecified atom stereocenters. The molecule has 3 aliphatic rings. The molecular formula is C14H18O5P-. The molecule has 1 aromatic carbocycles. The second-order valence-electron chi connectivity index (χ2n) is 5.73. The fourth-order valence-corrected chi connectivity index (χ4v) is 8.42. The predicted octanol–water partition coefficient (Wildman–Crippen LogP) is 3.88. The average Bonchev–Trinajstić information content (AvgIpc) is 2.91. The van der Waals surface area contributed by atoms with Crippen molar-refractivity contribution in [2.45, 2.75) is 33.0 Å². The average molecular weight is 297 g/mol. The zero-order valence-electron chi connectivity index (χ0n) is 11.7. The SMILES string of the molecule is CC1=CC[P-]23(O1)(Oc1ccccc1O2)OC(C)C(C)O3. The molecule has 0 amide bonds. The van der Waals surface area contributed by atoms with E-state index in [1.807, 2.05) is 51.1 Å². The Hall–Kier alpha value is -1.29. The quantitative estimate of drug-likeness (QED) is 0.680. The van der Waals surface area contributed by atoms with E-state index in [9.17, 15) is 0 Å². The van der Waals surface area contributed by atoms with Gasteiger partial charge in [0.2, 0.25) is 0 Å². The minimum absolute atomic E-state index is 0.167. The molecule has 0 radical (unpaired) electrons. The summed E-state index contributed by atoms with van der Waals surface area (Å²) in [7, 11) is -4.70. The molecule has 0 aromatic heterocycles. The molecule has 3 heterocycles. The number of rotatable bonds is 0. The molecular weight excluding hydrogens is 279 g/mol. The van der Waals surface area contributed by atoms with Gasteiger partial charge < -0.3 is 0 Å². The van der Waals surface area contributed by atoms with Crippen LogP contribution in [-0.2, 0) is 13.6 Å². The van der Waals surface area contributed by atoms with Gasteiger partial charge in [-0.25, -0.2) is 0 Å². The second-order valence-corrected chi connectivity index (χ2v) is 9.85. The second kappa shape index (κ2) is 3.14. The van der Waals surface area contributed by atoms with Crippen LogP contribution < -0.4 is 9.05 Å². The fraction of sp³-hybridized carbons (Fsp3) is 0.429. The van der Waals surface area contributed by atoms with Gasteiger partial charge in [-0.15, -0.1) is 0 Å². The van der Waals surface area contributed by atoms with E-state index in [1.54, 1.807) is 0 Å². The van der Waals surface area contributed by atoms with Gasteiger partial charge in [0.05, 0.1) is 0 Å². The number of para-hydroxylation sites is 2. The van der Waals surface area contributed by atoms with Crippen molar-refractivity contribution < 1.29 is 22.6 Å². The van der Waals surface area contributed by atoms with Gasteiger partial charge in [-0.05, 0) is 0 Å². The molecule has 1 aromatic rings. The maximum absolute atomic E-state index is 6.21. The topological polar surface area (TPSA) is 46.2 Å². The molecule has 6 heteroatoms. The molecule has 1 fully saturated rings. The van der Waals surface area contributed by atoms with Crippen molar-refractivity contribution in [1.82, 2.24) is 0 Å². The maximum atomic E-state index is 6.21. The van der Waals surface area contributed by atoms with Gasteiger partial charge in [0, 0.05) is 0 Å². The van der Waals surface area contributed by atoms with E-state index in [4.69, 9.17) is 22.6 Å².